The number of aryl methyl sites for hydroxylation is 1. The molecular weight excluding hydrogens is 670 g/mol. The van der Waals surface area contributed by atoms with E-state index in [9.17, 15) is 9.59 Å². The second-order valence-electron chi connectivity index (χ2n) is 11.2. The minimum Gasteiger partial charge on any atom is -0.496 e. The quantitative estimate of drug-likeness (QED) is 0.219. The molecule has 9 nitrogen and oxygen atoms in total. The number of methoxy groups -OCH3 is 2. The van der Waals surface area contributed by atoms with Gasteiger partial charge in [-0.2, -0.15) is 0 Å². The molecule has 0 N–H and O–H groups in total. The van der Waals surface area contributed by atoms with Crippen LogP contribution in [0.15, 0.2) is 68.4 Å². The van der Waals surface area contributed by atoms with Crippen LogP contribution >= 0.6 is 27.3 Å². The van der Waals surface area contributed by atoms with E-state index in [1.807, 2.05) is 42.5 Å². The van der Waals surface area contributed by atoms with E-state index in [1.54, 1.807) is 31.8 Å². The summed E-state index contributed by atoms with van der Waals surface area (Å²) in [6.07, 6.45) is 4.24. The zero-order chi connectivity index (χ0) is 32.5. The third-order valence-corrected chi connectivity index (χ3v) is 10.1. The Hall–Kier alpha value is -3.93. The highest BCUT2D eigenvalue weighted by atomic mass is 79.9. The first-order valence-corrected chi connectivity index (χ1v) is 16.8. The van der Waals surface area contributed by atoms with E-state index in [-0.39, 0.29) is 23.8 Å². The van der Waals surface area contributed by atoms with Gasteiger partial charge in [-0.15, -0.1) is 0 Å². The van der Waals surface area contributed by atoms with Crippen molar-refractivity contribution >= 4 is 45.0 Å². The van der Waals surface area contributed by atoms with Crippen LogP contribution in [0.4, 0.5) is 0 Å². The Labute approximate surface area is 279 Å². The summed E-state index contributed by atoms with van der Waals surface area (Å²) in [6.45, 7) is 7.64. The molecular formula is C35H36BrN3O6S. The van der Waals surface area contributed by atoms with Crippen LogP contribution in [0.25, 0.3) is 11.8 Å². The molecule has 0 radical (unpaired) electrons. The third kappa shape index (κ3) is 5.87. The van der Waals surface area contributed by atoms with Gasteiger partial charge in [-0.3, -0.25) is 9.36 Å². The number of carbonyl (C=O) groups excluding carboxylic acids is 1. The van der Waals surface area contributed by atoms with Crippen LogP contribution in [0.3, 0.4) is 0 Å². The number of halogens is 1. The number of ether oxygens (including phenoxy) is 4. The molecule has 2 atom stereocenters. The molecule has 4 aromatic rings. The molecule has 240 valence electrons. The first-order valence-electron chi connectivity index (χ1n) is 15.2. The topological polar surface area (TPSA) is 93.3 Å². The van der Waals surface area contributed by atoms with Gasteiger partial charge in [-0.25, -0.2) is 9.79 Å². The second-order valence-corrected chi connectivity index (χ2v) is 13.1. The van der Waals surface area contributed by atoms with Crippen molar-refractivity contribution < 1.29 is 23.7 Å². The van der Waals surface area contributed by atoms with Crippen LogP contribution in [0.5, 0.6) is 11.5 Å². The molecule has 0 unspecified atom stereocenters. The summed E-state index contributed by atoms with van der Waals surface area (Å²) in [5.74, 6) is 0.445. The van der Waals surface area contributed by atoms with Crippen LogP contribution in [0.1, 0.15) is 53.9 Å². The highest BCUT2D eigenvalue weighted by molar-refractivity contribution is 9.10. The molecule has 2 aromatic heterocycles. The minimum absolute atomic E-state index is 0.159. The Kier molecular flexibility index (Phi) is 9.35. The fourth-order valence-electron chi connectivity index (χ4n) is 6.22. The molecule has 4 heterocycles. The Morgan fingerprint density at radius 1 is 1.13 bits per heavy atom. The maximum Gasteiger partial charge on any atom is 0.338 e. The predicted octanol–water partition coefficient (Wildman–Crippen LogP) is 5.31. The number of carbonyl (C=O) groups is 1. The number of rotatable bonds is 9. The van der Waals surface area contributed by atoms with Gasteiger partial charge < -0.3 is 23.5 Å². The molecule has 0 aliphatic carbocycles. The standard InChI is InChI=1S/C35H36BrN3O6S/c1-6-44-34(41)30-31(22-11-8-7-9-12-22)37-35-39(32(30)25-17-26(36)28(43-5)18-27(25)42-4)33(40)29(46-35)16-23-15-20(2)38(21(23)3)19-24-13-10-14-45-24/h7-9,11-12,15-18,24,32H,6,10,13-14,19H2,1-5H3/b29-16-/t24-,32-/m1/s1. The molecule has 0 bridgehead atoms. The Bertz CT molecular complexity index is 2000. The molecule has 46 heavy (non-hydrogen) atoms. The lowest BCUT2D eigenvalue weighted by Crippen LogP contribution is -2.40. The zero-order valence-electron chi connectivity index (χ0n) is 26.5. The number of thiazole rings is 1. The summed E-state index contributed by atoms with van der Waals surface area (Å²) in [5, 5.41) is 0. The summed E-state index contributed by atoms with van der Waals surface area (Å²) in [4.78, 5) is 33.8. The summed E-state index contributed by atoms with van der Waals surface area (Å²) in [7, 11) is 3.12. The van der Waals surface area contributed by atoms with Crippen LogP contribution < -0.4 is 24.4 Å². The van der Waals surface area contributed by atoms with Gasteiger partial charge in [0.1, 0.15) is 17.5 Å². The monoisotopic (exact) mass is 705 g/mol. The molecule has 1 fully saturated rings. The summed E-state index contributed by atoms with van der Waals surface area (Å²) < 4.78 is 27.9. The van der Waals surface area contributed by atoms with Crippen molar-refractivity contribution in [3.63, 3.8) is 0 Å². The van der Waals surface area contributed by atoms with Gasteiger partial charge in [0.15, 0.2) is 4.80 Å². The normalized spacial score (nSPS) is 18.0. The Balaban J connectivity index is 1.61. The molecule has 6 rings (SSSR count). The number of nitrogens with zero attached hydrogens (tertiary/aromatic N) is 3. The SMILES string of the molecule is CCOC(=O)C1=C(c2ccccc2)N=c2s/c(=C\c3cc(C)n(C[C@H]4CCCO4)c3C)c(=O)n2[C@@H]1c1cc(Br)c(OC)cc1OC. The predicted molar refractivity (Wildman–Crippen MR) is 181 cm³/mol. The van der Waals surface area contributed by atoms with Crippen molar-refractivity contribution in [3.05, 3.63) is 106 Å². The average Bonchev–Trinajstić information content (AvgIpc) is 3.76. The van der Waals surface area contributed by atoms with Gasteiger partial charge in [0.25, 0.3) is 5.56 Å². The minimum atomic E-state index is -0.892. The first-order chi connectivity index (χ1) is 22.2. The van der Waals surface area contributed by atoms with E-state index in [0.717, 1.165) is 48.5 Å². The van der Waals surface area contributed by atoms with Gasteiger partial charge in [0.05, 0.1) is 47.2 Å². The lowest BCUT2D eigenvalue weighted by atomic mass is 9.92. The molecule has 2 aliphatic rings. The molecule has 2 aliphatic heterocycles. The lowest BCUT2D eigenvalue weighted by Gasteiger charge is -2.27. The van der Waals surface area contributed by atoms with Crippen LogP contribution in [0, 0.1) is 13.8 Å². The summed E-state index contributed by atoms with van der Waals surface area (Å²) in [6, 6.07) is 14.3. The number of esters is 1. The fourth-order valence-corrected chi connectivity index (χ4v) is 7.73. The van der Waals surface area contributed by atoms with Crippen molar-refractivity contribution in [2.45, 2.75) is 52.3 Å². The van der Waals surface area contributed by atoms with Gasteiger partial charge in [-0.1, -0.05) is 41.7 Å². The van der Waals surface area contributed by atoms with E-state index in [2.05, 4.69) is 40.4 Å². The lowest BCUT2D eigenvalue weighted by molar-refractivity contribution is -0.138. The van der Waals surface area contributed by atoms with Crippen LogP contribution in [-0.4, -0.2) is 48.6 Å². The average molecular weight is 707 g/mol. The van der Waals surface area contributed by atoms with E-state index in [1.165, 1.54) is 11.3 Å². The van der Waals surface area contributed by atoms with Crippen molar-refractivity contribution in [1.82, 2.24) is 9.13 Å². The van der Waals surface area contributed by atoms with Crippen molar-refractivity contribution in [3.8, 4) is 11.5 Å². The molecule has 11 heteroatoms. The van der Waals surface area contributed by atoms with Gasteiger partial charge in [-0.05, 0) is 73.3 Å². The number of benzene rings is 2. The van der Waals surface area contributed by atoms with Crippen molar-refractivity contribution in [2.24, 2.45) is 4.99 Å². The van der Waals surface area contributed by atoms with E-state index < -0.39 is 12.0 Å². The number of hydrogen-bond donors (Lipinski definition) is 0. The zero-order valence-corrected chi connectivity index (χ0v) is 28.9. The number of fused-ring (bicyclic) bond motifs is 1. The van der Waals surface area contributed by atoms with Crippen LogP contribution in [-0.2, 0) is 20.8 Å². The van der Waals surface area contributed by atoms with E-state index in [0.29, 0.717) is 36.6 Å². The largest absolute Gasteiger partial charge is 0.496 e. The first kappa shape index (κ1) is 32.0. The van der Waals surface area contributed by atoms with E-state index in [4.69, 9.17) is 23.9 Å². The maximum atomic E-state index is 14.5. The second kappa shape index (κ2) is 13.4. The molecule has 0 saturated carbocycles. The molecule has 2 aromatic carbocycles. The molecule has 1 saturated heterocycles. The summed E-state index contributed by atoms with van der Waals surface area (Å²) >= 11 is 4.90. The third-order valence-electron chi connectivity index (χ3n) is 8.48. The Morgan fingerprint density at radius 2 is 1.89 bits per heavy atom. The fraction of sp³-hybridized carbons (Fsp3) is 0.343. The van der Waals surface area contributed by atoms with Gasteiger partial charge in [0, 0.05) is 41.7 Å². The molecule has 0 spiro atoms. The maximum absolute atomic E-state index is 14.5. The Morgan fingerprint density at radius 3 is 2.57 bits per heavy atom. The number of aromatic nitrogens is 2. The smallest absolute Gasteiger partial charge is 0.338 e. The van der Waals surface area contributed by atoms with Crippen LogP contribution in [0.2, 0.25) is 0 Å². The highest BCUT2D eigenvalue weighted by Crippen LogP contribution is 2.42. The highest BCUT2D eigenvalue weighted by Gasteiger charge is 2.37. The van der Waals surface area contributed by atoms with Gasteiger partial charge in [0.2, 0.25) is 0 Å². The van der Waals surface area contributed by atoms with E-state index >= 15 is 0 Å². The van der Waals surface area contributed by atoms with Gasteiger partial charge >= 0.3 is 5.97 Å². The number of hydrogen-bond acceptors (Lipinski definition) is 8. The van der Waals surface area contributed by atoms with Crippen molar-refractivity contribution in [2.75, 3.05) is 27.4 Å². The molecule has 0 amide bonds. The van der Waals surface area contributed by atoms with Crippen molar-refractivity contribution in [1.29, 1.82) is 0 Å². The summed E-state index contributed by atoms with van der Waals surface area (Å²) in [5.41, 5.74) is 4.87.